The molecule has 1 aliphatic rings. The van der Waals surface area contributed by atoms with Crippen molar-refractivity contribution in [1.82, 2.24) is 5.32 Å². The van der Waals surface area contributed by atoms with Gasteiger partial charge >= 0.3 is 0 Å². The van der Waals surface area contributed by atoms with Gasteiger partial charge in [0.15, 0.2) is 0 Å². The Hall–Kier alpha value is -0.0800. The lowest BCUT2D eigenvalue weighted by Gasteiger charge is -2.32. The number of nitrogens with two attached hydrogens (primary N) is 1. The molecule has 0 bridgehead atoms. The fourth-order valence-electron chi connectivity index (χ4n) is 2.06. The molecule has 0 radical (unpaired) electrons. The van der Waals surface area contributed by atoms with Gasteiger partial charge in [0, 0.05) is 12.1 Å². The lowest BCUT2D eigenvalue weighted by molar-refractivity contribution is 0.232. The molecule has 0 heterocycles. The number of rotatable bonds is 3. The van der Waals surface area contributed by atoms with Gasteiger partial charge in [0.25, 0.3) is 0 Å². The molecule has 0 saturated heterocycles. The van der Waals surface area contributed by atoms with Gasteiger partial charge in [0.2, 0.25) is 0 Å². The van der Waals surface area contributed by atoms with Gasteiger partial charge in [0.1, 0.15) is 0 Å². The lowest BCUT2D eigenvalue weighted by atomic mass is 9.81. The van der Waals surface area contributed by atoms with E-state index in [0.29, 0.717) is 17.5 Å². The van der Waals surface area contributed by atoms with Gasteiger partial charge in [-0.2, -0.15) is 0 Å². The van der Waals surface area contributed by atoms with Crippen molar-refractivity contribution >= 4 is 0 Å². The Kier molecular flexibility index (Phi) is 4.60. The smallest absolute Gasteiger partial charge is 0.00819 e. The van der Waals surface area contributed by atoms with Gasteiger partial charge in [-0.05, 0) is 37.1 Å². The lowest BCUT2D eigenvalue weighted by Crippen LogP contribution is -2.42. The second-order valence-corrected chi connectivity index (χ2v) is 6.30. The van der Waals surface area contributed by atoms with Crippen molar-refractivity contribution in [2.75, 3.05) is 6.54 Å². The second-order valence-electron chi connectivity index (χ2n) is 6.30. The molecule has 3 atom stereocenters. The van der Waals surface area contributed by atoms with E-state index in [0.717, 1.165) is 18.9 Å². The Morgan fingerprint density at radius 1 is 1.33 bits per heavy atom. The van der Waals surface area contributed by atoms with Gasteiger partial charge in [-0.1, -0.05) is 34.1 Å². The molecule has 1 rings (SSSR count). The molecular formula is C13H28N2. The molecule has 2 heteroatoms. The molecule has 0 spiro atoms. The van der Waals surface area contributed by atoms with Crippen LogP contribution in [-0.2, 0) is 0 Å². The molecule has 2 nitrogen and oxygen atoms in total. The first kappa shape index (κ1) is 13.0. The molecule has 3 unspecified atom stereocenters. The molecule has 1 fully saturated rings. The molecule has 0 aromatic rings. The summed E-state index contributed by atoms with van der Waals surface area (Å²) < 4.78 is 0. The third-order valence-electron chi connectivity index (χ3n) is 3.91. The molecule has 0 aliphatic heterocycles. The average Bonchev–Trinajstić information content (AvgIpc) is 2.12. The van der Waals surface area contributed by atoms with E-state index in [1.54, 1.807) is 0 Å². The van der Waals surface area contributed by atoms with Gasteiger partial charge < -0.3 is 11.1 Å². The fraction of sp³-hybridized carbons (Fsp3) is 1.00. The summed E-state index contributed by atoms with van der Waals surface area (Å²) >= 11 is 0. The topological polar surface area (TPSA) is 38.0 Å². The fourth-order valence-corrected chi connectivity index (χ4v) is 2.06. The zero-order valence-corrected chi connectivity index (χ0v) is 10.8. The predicted octanol–water partition coefficient (Wildman–Crippen LogP) is 2.53. The highest BCUT2D eigenvalue weighted by Gasteiger charge is 2.23. The van der Waals surface area contributed by atoms with Gasteiger partial charge in [0.05, 0.1) is 0 Å². The van der Waals surface area contributed by atoms with Gasteiger partial charge in [-0.3, -0.25) is 0 Å². The van der Waals surface area contributed by atoms with Crippen LogP contribution in [0.4, 0.5) is 0 Å². The highest BCUT2D eigenvalue weighted by Crippen LogP contribution is 2.25. The SMILES string of the molecule is CC(CNC1CCCC(N)C1)C(C)(C)C. The Morgan fingerprint density at radius 2 is 2.00 bits per heavy atom. The van der Waals surface area contributed by atoms with Crippen LogP contribution < -0.4 is 11.1 Å². The first-order chi connectivity index (χ1) is 6.89. The van der Waals surface area contributed by atoms with Crippen molar-refractivity contribution in [1.29, 1.82) is 0 Å². The summed E-state index contributed by atoms with van der Waals surface area (Å²) in [5.74, 6) is 0.718. The highest BCUT2D eigenvalue weighted by molar-refractivity contribution is 4.81. The zero-order valence-electron chi connectivity index (χ0n) is 10.8. The van der Waals surface area contributed by atoms with Crippen molar-refractivity contribution in [3.05, 3.63) is 0 Å². The minimum Gasteiger partial charge on any atom is -0.328 e. The maximum absolute atomic E-state index is 5.98. The Balaban J connectivity index is 2.24. The summed E-state index contributed by atoms with van der Waals surface area (Å²) in [6.07, 6.45) is 4.98. The molecule has 0 aromatic carbocycles. The van der Waals surface area contributed by atoms with Gasteiger partial charge in [-0.15, -0.1) is 0 Å². The van der Waals surface area contributed by atoms with Gasteiger partial charge in [-0.25, -0.2) is 0 Å². The normalized spacial score (nSPS) is 30.2. The second kappa shape index (κ2) is 5.31. The van der Waals surface area contributed by atoms with E-state index in [-0.39, 0.29) is 0 Å². The van der Waals surface area contributed by atoms with E-state index in [1.165, 1.54) is 19.3 Å². The third kappa shape index (κ3) is 4.52. The highest BCUT2D eigenvalue weighted by atomic mass is 14.9. The molecular weight excluding hydrogens is 184 g/mol. The maximum Gasteiger partial charge on any atom is 0.00819 e. The van der Waals surface area contributed by atoms with Crippen molar-refractivity contribution < 1.29 is 0 Å². The van der Waals surface area contributed by atoms with Crippen LogP contribution in [0, 0.1) is 11.3 Å². The summed E-state index contributed by atoms with van der Waals surface area (Å²) in [6.45, 7) is 10.4. The zero-order chi connectivity index (χ0) is 11.5. The van der Waals surface area contributed by atoms with Crippen molar-refractivity contribution in [3.63, 3.8) is 0 Å². The first-order valence-electron chi connectivity index (χ1n) is 6.38. The summed E-state index contributed by atoms with van der Waals surface area (Å²) in [5.41, 5.74) is 6.38. The van der Waals surface area contributed by atoms with Crippen LogP contribution >= 0.6 is 0 Å². The molecule has 90 valence electrons. The summed E-state index contributed by atoms with van der Waals surface area (Å²) in [5, 5.41) is 3.68. The molecule has 0 amide bonds. The number of hydrogen-bond acceptors (Lipinski definition) is 2. The average molecular weight is 212 g/mol. The van der Waals surface area contributed by atoms with E-state index in [2.05, 4.69) is 33.0 Å². The Morgan fingerprint density at radius 3 is 2.53 bits per heavy atom. The van der Waals surface area contributed by atoms with Crippen LogP contribution in [-0.4, -0.2) is 18.6 Å². The van der Waals surface area contributed by atoms with E-state index >= 15 is 0 Å². The summed E-state index contributed by atoms with van der Waals surface area (Å²) in [7, 11) is 0. The standard InChI is InChI=1S/C13H28N2/c1-10(13(2,3)4)9-15-12-7-5-6-11(14)8-12/h10-12,15H,5-9,14H2,1-4H3. The minimum absolute atomic E-state index is 0.407. The van der Waals surface area contributed by atoms with E-state index in [4.69, 9.17) is 5.73 Å². The number of hydrogen-bond donors (Lipinski definition) is 2. The van der Waals surface area contributed by atoms with Crippen molar-refractivity contribution in [3.8, 4) is 0 Å². The van der Waals surface area contributed by atoms with Crippen molar-refractivity contribution in [2.45, 2.75) is 65.5 Å². The van der Waals surface area contributed by atoms with E-state index in [1.807, 2.05) is 0 Å². The Labute approximate surface area is 95.0 Å². The molecule has 3 N–H and O–H groups in total. The Bertz CT molecular complexity index is 183. The largest absolute Gasteiger partial charge is 0.328 e. The summed E-state index contributed by atoms with van der Waals surface area (Å²) in [4.78, 5) is 0. The van der Waals surface area contributed by atoms with Crippen LogP contribution in [0.1, 0.15) is 53.4 Å². The monoisotopic (exact) mass is 212 g/mol. The first-order valence-corrected chi connectivity index (χ1v) is 6.38. The predicted molar refractivity (Wildman–Crippen MR) is 66.9 cm³/mol. The van der Waals surface area contributed by atoms with E-state index < -0.39 is 0 Å². The van der Waals surface area contributed by atoms with E-state index in [9.17, 15) is 0 Å². The van der Waals surface area contributed by atoms with Crippen LogP contribution in [0.2, 0.25) is 0 Å². The minimum atomic E-state index is 0.407. The molecule has 15 heavy (non-hydrogen) atoms. The molecule has 1 aliphatic carbocycles. The maximum atomic E-state index is 5.98. The van der Waals surface area contributed by atoms with Crippen LogP contribution in [0.15, 0.2) is 0 Å². The third-order valence-corrected chi connectivity index (χ3v) is 3.91. The molecule has 1 saturated carbocycles. The summed E-state index contributed by atoms with van der Waals surface area (Å²) in [6, 6.07) is 1.10. The van der Waals surface area contributed by atoms with Crippen LogP contribution in [0.25, 0.3) is 0 Å². The van der Waals surface area contributed by atoms with Crippen LogP contribution in [0.3, 0.4) is 0 Å². The van der Waals surface area contributed by atoms with Crippen LogP contribution in [0.5, 0.6) is 0 Å². The quantitative estimate of drug-likeness (QED) is 0.754. The number of nitrogens with one attached hydrogen (secondary N) is 1. The van der Waals surface area contributed by atoms with Crippen molar-refractivity contribution in [2.24, 2.45) is 17.1 Å². The molecule has 0 aromatic heterocycles.